The summed E-state index contributed by atoms with van der Waals surface area (Å²) in [5, 5.41) is -0.382. The lowest BCUT2D eigenvalue weighted by atomic mass is 9.83. The van der Waals surface area contributed by atoms with E-state index in [1.165, 1.54) is 0 Å². The Bertz CT molecular complexity index is 856. The Kier molecular flexibility index (Phi) is 5.54. The van der Waals surface area contributed by atoms with Gasteiger partial charge in [-0.15, -0.1) is 0 Å². The number of amides is 1. The minimum Gasteiger partial charge on any atom is -0.493 e. The van der Waals surface area contributed by atoms with E-state index in [0.717, 1.165) is 12.1 Å². The van der Waals surface area contributed by atoms with Crippen molar-refractivity contribution >= 4 is 21.6 Å². The Labute approximate surface area is 169 Å². The van der Waals surface area contributed by atoms with Crippen LogP contribution in [0.5, 0.6) is 5.75 Å². The zero-order valence-electron chi connectivity index (χ0n) is 16.1. The molecule has 29 heavy (non-hydrogen) atoms. The van der Waals surface area contributed by atoms with Crippen LogP contribution in [0.1, 0.15) is 44.9 Å². The largest absolute Gasteiger partial charge is 0.493 e. The molecule has 160 valence electrons. The maximum Gasteiger partial charge on any atom is 0.248 e. The molecule has 1 saturated heterocycles. The number of carbonyl (C=O) groups is 1. The van der Waals surface area contributed by atoms with Crippen molar-refractivity contribution in [3.63, 3.8) is 0 Å². The third-order valence-corrected chi connectivity index (χ3v) is 7.90. The second-order valence-electron chi connectivity index (χ2n) is 8.28. The van der Waals surface area contributed by atoms with Crippen molar-refractivity contribution in [1.82, 2.24) is 4.72 Å². The number of alkyl halides is 2. The summed E-state index contributed by atoms with van der Waals surface area (Å²) in [6.07, 6.45) is 2.03. The van der Waals surface area contributed by atoms with Crippen molar-refractivity contribution in [3.05, 3.63) is 24.3 Å². The minimum atomic E-state index is -3.45. The topological polar surface area (TPSA) is 75.7 Å². The van der Waals surface area contributed by atoms with Gasteiger partial charge < -0.3 is 9.64 Å². The van der Waals surface area contributed by atoms with Gasteiger partial charge in [0.2, 0.25) is 21.9 Å². The van der Waals surface area contributed by atoms with Gasteiger partial charge in [-0.1, -0.05) is 0 Å². The predicted molar refractivity (Wildman–Crippen MR) is 105 cm³/mol. The number of benzene rings is 1. The van der Waals surface area contributed by atoms with Gasteiger partial charge in [0.05, 0.1) is 11.9 Å². The zero-order chi connectivity index (χ0) is 20.6. The molecule has 1 aliphatic heterocycles. The number of nitrogens with one attached hydrogen (secondary N) is 1. The highest BCUT2D eigenvalue weighted by atomic mass is 32.2. The first kappa shape index (κ1) is 20.5. The molecule has 0 unspecified atom stereocenters. The normalized spacial score (nSPS) is 27.2. The van der Waals surface area contributed by atoms with E-state index < -0.39 is 34.3 Å². The molecule has 0 spiro atoms. The lowest BCUT2D eigenvalue weighted by Gasteiger charge is -2.36. The number of nitrogens with zero attached hydrogens (tertiary/aromatic N) is 1. The monoisotopic (exact) mass is 428 g/mol. The first-order valence-electron chi connectivity index (χ1n) is 10.2. The molecule has 1 N–H and O–H groups in total. The van der Waals surface area contributed by atoms with Gasteiger partial charge in [-0.2, -0.15) is 0 Å². The molecular weight excluding hydrogens is 402 g/mol. The summed E-state index contributed by atoms with van der Waals surface area (Å²) in [6, 6.07) is 6.45. The molecule has 0 radical (unpaired) electrons. The average Bonchev–Trinajstić information content (AvgIpc) is 3.45. The van der Waals surface area contributed by atoms with Crippen LogP contribution in [0.3, 0.4) is 0 Å². The molecule has 4 rings (SSSR count). The second kappa shape index (κ2) is 7.83. The van der Waals surface area contributed by atoms with Crippen molar-refractivity contribution in [2.45, 2.75) is 62.2 Å². The molecule has 1 amide bonds. The number of rotatable bonds is 7. The molecule has 3 fully saturated rings. The Morgan fingerprint density at radius 3 is 2.52 bits per heavy atom. The van der Waals surface area contributed by atoms with Crippen LogP contribution in [-0.4, -0.2) is 44.7 Å². The highest BCUT2D eigenvalue weighted by molar-refractivity contribution is 7.90. The Hall–Kier alpha value is -1.74. The fourth-order valence-electron chi connectivity index (χ4n) is 4.09. The third kappa shape index (κ3) is 4.88. The van der Waals surface area contributed by atoms with Crippen molar-refractivity contribution in [2.24, 2.45) is 5.92 Å². The third-order valence-electron chi connectivity index (χ3n) is 5.92. The van der Waals surface area contributed by atoms with Crippen LogP contribution in [0.25, 0.3) is 0 Å². The molecular formula is C20H26F2N2O4S. The van der Waals surface area contributed by atoms with Crippen LogP contribution in [-0.2, 0) is 14.8 Å². The van der Waals surface area contributed by atoms with E-state index in [9.17, 15) is 22.0 Å². The van der Waals surface area contributed by atoms with Gasteiger partial charge in [-0.3, -0.25) is 4.79 Å². The number of halogens is 2. The van der Waals surface area contributed by atoms with E-state index in [-0.39, 0.29) is 30.6 Å². The summed E-state index contributed by atoms with van der Waals surface area (Å²) < 4.78 is 60.8. The maximum atomic E-state index is 13.9. The second-order valence-corrected chi connectivity index (χ2v) is 10.3. The van der Waals surface area contributed by atoms with Crippen LogP contribution in [0.4, 0.5) is 14.5 Å². The molecule has 2 aliphatic carbocycles. The number of anilines is 1. The average molecular weight is 429 g/mol. The number of sulfonamides is 1. The minimum absolute atomic E-state index is 0.00936. The van der Waals surface area contributed by atoms with Crippen molar-refractivity contribution < 1.29 is 26.7 Å². The molecule has 1 aromatic carbocycles. The van der Waals surface area contributed by atoms with E-state index in [4.69, 9.17) is 4.74 Å². The SMILES string of the molecule is O=C1CCCN1c1ccc(OC[C@H]2CC(F)(F)CC[C@@H]2NS(=O)(=O)C2CC2)cc1. The molecule has 1 heterocycles. The molecule has 9 heteroatoms. The number of hydrogen-bond acceptors (Lipinski definition) is 4. The molecule has 6 nitrogen and oxygen atoms in total. The molecule has 1 aromatic rings. The van der Waals surface area contributed by atoms with Crippen LogP contribution in [0.15, 0.2) is 24.3 Å². The van der Waals surface area contributed by atoms with E-state index in [0.29, 0.717) is 31.6 Å². The standard InChI is InChI=1S/C20H26F2N2O4S/c21-20(22)10-9-18(23-29(26,27)17-7-8-17)14(12-20)13-28-16-5-3-15(4-6-16)24-11-1-2-19(24)25/h3-6,14,17-18,23H,1-2,7-13H2/t14-,18+/m1/s1. The van der Waals surface area contributed by atoms with Crippen LogP contribution < -0.4 is 14.4 Å². The van der Waals surface area contributed by atoms with Crippen LogP contribution in [0.2, 0.25) is 0 Å². The smallest absolute Gasteiger partial charge is 0.248 e. The summed E-state index contributed by atoms with van der Waals surface area (Å²) in [5.74, 6) is -2.81. The summed E-state index contributed by atoms with van der Waals surface area (Å²) in [7, 11) is -3.45. The van der Waals surface area contributed by atoms with Crippen LogP contribution in [0, 0.1) is 5.92 Å². The Morgan fingerprint density at radius 2 is 1.90 bits per heavy atom. The van der Waals surface area contributed by atoms with Gasteiger partial charge in [0, 0.05) is 43.5 Å². The van der Waals surface area contributed by atoms with Gasteiger partial charge in [0.1, 0.15) is 5.75 Å². The quantitative estimate of drug-likeness (QED) is 0.724. The number of ether oxygens (including phenoxy) is 1. The van der Waals surface area contributed by atoms with E-state index in [1.54, 1.807) is 29.2 Å². The lowest BCUT2D eigenvalue weighted by molar-refractivity contribution is -0.117. The molecule has 2 saturated carbocycles. The summed E-state index contributed by atoms with van der Waals surface area (Å²) in [5.41, 5.74) is 0.791. The zero-order valence-corrected chi connectivity index (χ0v) is 17.0. The molecule has 0 bridgehead atoms. The highest BCUT2D eigenvalue weighted by Gasteiger charge is 2.45. The van der Waals surface area contributed by atoms with E-state index >= 15 is 0 Å². The van der Waals surface area contributed by atoms with Gasteiger partial charge >= 0.3 is 0 Å². The van der Waals surface area contributed by atoms with Crippen molar-refractivity contribution in [1.29, 1.82) is 0 Å². The maximum absolute atomic E-state index is 13.9. The first-order valence-corrected chi connectivity index (χ1v) is 11.7. The fourth-order valence-corrected chi connectivity index (χ4v) is 5.77. The lowest BCUT2D eigenvalue weighted by Crippen LogP contribution is -2.49. The molecule has 3 aliphatic rings. The van der Waals surface area contributed by atoms with E-state index in [2.05, 4.69) is 4.72 Å². The van der Waals surface area contributed by atoms with Gasteiger partial charge in [0.25, 0.3) is 0 Å². The molecule has 2 atom stereocenters. The summed E-state index contributed by atoms with van der Waals surface area (Å²) >= 11 is 0. The fraction of sp³-hybridized carbons (Fsp3) is 0.650. The van der Waals surface area contributed by atoms with E-state index in [1.807, 2.05) is 0 Å². The van der Waals surface area contributed by atoms with Crippen molar-refractivity contribution in [2.75, 3.05) is 18.1 Å². The van der Waals surface area contributed by atoms with Crippen molar-refractivity contribution in [3.8, 4) is 5.75 Å². The first-order chi connectivity index (χ1) is 13.7. The Morgan fingerprint density at radius 1 is 1.17 bits per heavy atom. The number of hydrogen-bond donors (Lipinski definition) is 1. The van der Waals surface area contributed by atoms with Gasteiger partial charge in [0.15, 0.2) is 0 Å². The highest BCUT2D eigenvalue weighted by Crippen LogP contribution is 2.38. The summed E-state index contributed by atoms with van der Waals surface area (Å²) in [6.45, 7) is 0.703. The van der Waals surface area contributed by atoms with Gasteiger partial charge in [-0.25, -0.2) is 21.9 Å². The summed E-state index contributed by atoms with van der Waals surface area (Å²) in [4.78, 5) is 13.5. The molecule has 0 aromatic heterocycles. The van der Waals surface area contributed by atoms with Gasteiger partial charge in [-0.05, 0) is 49.9 Å². The van der Waals surface area contributed by atoms with Crippen LogP contribution >= 0.6 is 0 Å². The Balaban J connectivity index is 1.39. The number of carbonyl (C=O) groups excluding carboxylic acids is 1. The predicted octanol–water partition coefficient (Wildman–Crippen LogP) is 3.08.